The molecule has 0 aliphatic carbocycles. The van der Waals surface area contributed by atoms with Gasteiger partial charge < -0.3 is 4.57 Å². The number of nitrogens with zero attached hydrogens (tertiary/aromatic N) is 1. The second-order valence-electron chi connectivity index (χ2n) is 5.65. The van der Waals surface area contributed by atoms with Gasteiger partial charge >= 0.3 is 0 Å². The second kappa shape index (κ2) is 7.68. The van der Waals surface area contributed by atoms with E-state index in [-0.39, 0.29) is 29.5 Å². The third-order valence-corrected chi connectivity index (χ3v) is 4.37. The fourth-order valence-electron chi connectivity index (χ4n) is 2.65. The Morgan fingerprint density at radius 2 is 2.04 bits per heavy atom. The van der Waals surface area contributed by atoms with Gasteiger partial charge in [0.2, 0.25) is 5.56 Å². The van der Waals surface area contributed by atoms with Crippen LogP contribution in [-0.4, -0.2) is 10.4 Å². The number of hydrogen-bond donors (Lipinski definition) is 0. The Hall–Kier alpha value is -1.75. The SMILES string of the molecule is CCCC(CC(=O)c1ccc(=O)n(C)c1)c1ccc(Br)cc1F. The van der Waals surface area contributed by atoms with Crippen LogP contribution in [0.1, 0.15) is 48.0 Å². The summed E-state index contributed by atoms with van der Waals surface area (Å²) in [7, 11) is 1.61. The molecule has 0 aliphatic rings. The van der Waals surface area contributed by atoms with E-state index in [2.05, 4.69) is 15.9 Å². The van der Waals surface area contributed by atoms with Crippen molar-refractivity contribution in [1.29, 1.82) is 0 Å². The molecule has 122 valence electrons. The fraction of sp³-hybridized carbons (Fsp3) is 0.333. The molecule has 2 aromatic rings. The van der Waals surface area contributed by atoms with Gasteiger partial charge in [-0.25, -0.2) is 4.39 Å². The third-order valence-electron chi connectivity index (χ3n) is 3.88. The molecule has 0 bridgehead atoms. The summed E-state index contributed by atoms with van der Waals surface area (Å²) in [5.41, 5.74) is 0.879. The largest absolute Gasteiger partial charge is 0.318 e. The average Bonchev–Trinajstić information content (AvgIpc) is 2.49. The maximum absolute atomic E-state index is 14.2. The van der Waals surface area contributed by atoms with Gasteiger partial charge in [-0.2, -0.15) is 0 Å². The van der Waals surface area contributed by atoms with Crippen LogP contribution in [0.15, 0.2) is 45.8 Å². The monoisotopic (exact) mass is 379 g/mol. The van der Waals surface area contributed by atoms with E-state index < -0.39 is 0 Å². The Kier molecular flexibility index (Phi) is 5.88. The first-order valence-corrected chi connectivity index (χ1v) is 8.36. The van der Waals surface area contributed by atoms with Gasteiger partial charge in [-0.1, -0.05) is 35.3 Å². The number of aromatic nitrogens is 1. The van der Waals surface area contributed by atoms with E-state index in [1.165, 1.54) is 29.0 Å². The number of ketones is 1. The number of benzene rings is 1. The number of aryl methyl sites for hydroxylation is 1. The van der Waals surface area contributed by atoms with E-state index in [1.54, 1.807) is 19.2 Å². The summed E-state index contributed by atoms with van der Waals surface area (Å²) in [6.07, 6.45) is 3.35. The number of rotatable bonds is 6. The number of carbonyl (C=O) groups is 1. The Morgan fingerprint density at radius 1 is 1.30 bits per heavy atom. The minimum atomic E-state index is -0.300. The Labute approximate surface area is 143 Å². The molecule has 0 saturated heterocycles. The number of carbonyl (C=O) groups excluding carboxylic acids is 1. The number of halogens is 2. The van der Waals surface area contributed by atoms with Crippen LogP contribution < -0.4 is 5.56 Å². The Morgan fingerprint density at radius 3 is 2.65 bits per heavy atom. The highest BCUT2D eigenvalue weighted by Gasteiger charge is 2.20. The molecular formula is C18H19BrFNO2. The van der Waals surface area contributed by atoms with Crippen molar-refractivity contribution in [3.05, 3.63) is 68.3 Å². The molecule has 23 heavy (non-hydrogen) atoms. The van der Waals surface area contributed by atoms with E-state index >= 15 is 0 Å². The molecule has 0 spiro atoms. The topological polar surface area (TPSA) is 39.1 Å². The molecule has 0 aliphatic heterocycles. The maximum Gasteiger partial charge on any atom is 0.250 e. The molecule has 5 heteroatoms. The van der Waals surface area contributed by atoms with Crippen molar-refractivity contribution >= 4 is 21.7 Å². The van der Waals surface area contributed by atoms with Crippen LogP contribution in [0.25, 0.3) is 0 Å². The van der Waals surface area contributed by atoms with Crippen molar-refractivity contribution in [3.8, 4) is 0 Å². The van der Waals surface area contributed by atoms with Crippen molar-refractivity contribution in [2.45, 2.75) is 32.1 Å². The number of Topliss-reactive ketones (excluding diaryl/α,β-unsaturated/α-hetero) is 1. The molecule has 1 heterocycles. The summed E-state index contributed by atoms with van der Waals surface area (Å²) in [5, 5.41) is 0. The van der Waals surface area contributed by atoms with Gasteiger partial charge in [0, 0.05) is 35.8 Å². The summed E-state index contributed by atoms with van der Waals surface area (Å²) in [5.74, 6) is -0.551. The molecule has 1 atom stereocenters. The van der Waals surface area contributed by atoms with Crippen LogP contribution in [0.2, 0.25) is 0 Å². The standard InChI is InChI=1S/C18H19BrFNO2/c1-3-4-12(15-7-6-14(19)10-16(15)20)9-17(22)13-5-8-18(23)21(2)11-13/h5-8,10-12H,3-4,9H2,1-2H3. The molecule has 0 saturated carbocycles. The van der Waals surface area contributed by atoms with Crippen molar-refractivity contribution in [2.24, 2.45) is 7.05 Å². The van der Waals surface area contributed by atoms with Gasteiger partial charge in [-0.3, -0.25) is 9.59 Å². The Bertz CT molecular complexity index is 770. The van der Waals surface area contributed by atoms with Crippen LogP contribution in [0.5, 0.6) is 0 Å². The normalized spacial score (nSPS) is 12.2. The second-order valence-corrected chi connectivity index (χ2v) is 6.56. The molecule has 1 aromatic carbocycles. The molecule has 0 amide bonds. The molecule has 1 unspecified atom stereocenters. The van der Waals surface area contributed by atoms with Crippen molar-refractivity contribution in [1.82, 2.24) is 4.57 Å². The number of hydrogen-bond acceptors (Lipinski definition) is 2. The molecule has 2 rings (SSSR count). The third kappa shape index (κ3) is 4.38. The summed E-state index contributed by atoms with van der Waals surface area (Å²) in [6.45, 7) is 2.01. The highest BCUT2D eigenvalue weighted by molar-refractivity contribution is 9.10. The van der Waals surface area contributed by atoms with Crippen LogP contribution in [0.3, 0.4) is 0 Å². The minimum Gasteiger partial charge on any atom is -0.318 e. The first-order valence-electron chi connectivity index (χ1n) is 7.57. The summed E-state index contributed by atoms with van der Waals surface area (Å²) in [4.78, 5) is 23.9. The lowest BCUT2D eigenvalue weighted by Gasteiger charge is -2.17. The predicted molar refractivity (Wildman–Crippen MR) is 92.4 cm³/mol. The van der Waals surface area contributed by atoms with Gasteiger partial charge in [0.15, 0.2) is 5.78 Å². The smallest absolute Gasteiger partial charge is 0.250 e. The van der Waals surface area contributed by atoms with E-state index in [0.29, 0.717) is 15.6 Å². The van der Waals surface area contributed by atoms with Crippen LogP contribution in [-0.2, 0) is 7.05 Å². The van der Waals surface area contributed by atoms with Gasteiger partial charge in [0.25, 0.3) is 0 Å². The van der Waals surface area contributed by atoms with Crippen molar-refractivity contribution in [2.75, 3.05) is 0 Å². The molecule has 1 aromatic heterocycles. The maximum atomic E-state index is 14.2. The summed E-state index contributed by atoms with van der Waals surface area (Å²) < 4.78 is 16.3. The molecule has 0 radical (unpaired) electrons. The van der Waals surface area contributed by atoms with E-state index in [9.17, 15) is 14.0 Å². The quantitative estimate of drug-likeness (QED) is 0.695. The zero-order valence-electron chi connectivity index (χ0n) is 13.2. The zero-order chi connectivity index (χ0) is 17.0. The van der Waals surface area contributed by atoms with Crippen molar-refractivity contribution in [3.63, 3.8) is 0 Å². The van der Waals surface area contributed by atoms with Gasteiger partial charge in [0.1, 0.15) is 5.82 Å². The molecule has 0 fully saturated rings. The van der Waals surface area contributed by atoms with Gasteiger partial charge in [0.05, 0.1) is 0 Å². The highest BCUT2D eigenvalue weighted by Crippen LogP contribution is 2.30. The lowest BCUT2D eigenvalue weighted by Crippen LogP contribution is -2.17. The van der Waals surface area contributed by atoms with Crippen LogP contribution in [0.4, 0.5) is 4.39 Å². The highest BCUT2D eigenvalue weighted by atomic mass is 79.9. The minimum absolute atomic E-state index is 0.0821. The summed E-state index contributed by atoms with van der Waals surface area (Å²) >= 11 is 3.25. The van der Waals surface area contributed by atoms with Crippen molar-refractivity contribution < 1.29 is 9.18 Å². The van der Waals surface area contributed by atoms with Crippen LogP contribution in [0, 0.1) is 5.82 Å². The average molecular weight is 380 g/mol. The summed E-state index contributed by atoms with van der Waals surface area (Å²) in [6, 6.07) is 7.86. The lowest BCUT2D eigenvalue weighted by molar-refractivity contribution is 0.0971. The number of pyridine rings is 1. The fourth-order valence-corrected chi connectivity index (χ4v) is 2.98. The van der Waals surface area contributed by atoms with E-state index in [1.807, 2.05) is 6.92 Å². The lowest BCUT2D eigenvalue weighted by atomic mass is 9.88. The van der Waals surface area contributed by atoms with Crippen LogP contribution >= 0.6 is 15.9 Å². The molecular weight excluding hydrogens is 361 g/mol. The van der Waals surface area contributed by atoms with Gasteiger partial charge in [-0.15, -0.1) is 0 Å². The predicted octanol–water partition coefficient (Wildman–Crippen LogP) is 4.44. The zero-order valence-corrected chi connectivity index (χ0v) is 14.8. The molecule has 0 N–H and O–H groups in total. The van der Waals surface area contributed by atoms with Gasteiger partial charge in [-0.05, 0) is 36.1 Å². The molecule has 3 nitrogen and oxygen atoms in total. The van der Waals surface area contributed by atoms with E-state index in [0.717, 1.165) is 12.8 Å². The first-order chi connectivity index (χ1) is 10.9. The van der Waals surface area contributed by atoms with E-state index in [4.69, 9.17) is 0 Å². The first kappa shape index (κ1) is 17.6. The Balaban J connectivity index is 2.26.